The number of halogens is 3. The average Bonchev–Trinajstić information content (AvgIpc) is 2.36. The molecule has 108 valence electrons. The molecule has 0 fully saturated rings. The predicted molar refractivity (Wildman–Crippen MR) is 75.4 cm³/mol. The molecule has 1 atom stereocenters. The Labute approximate surface area is 117 Å². The number of hydrogen-bond donors (Lipinski definition) is 1. The highest BCUT2D eigenvalue weighted by molar-refractivity contribution is 7.99. The van der Waals surface area contributed by atoms with Gasteiger partial charge in [0, 0.05) is 12.6 Å². The molecule has 1 nitrogen and oxygen atoms in total. The molecule has 0 bridgehead atoms. The minimum absolute atomic E-state index is 0.314. The van der Waals surface area contributed by atoms with E-state index in [0.29, 0.717) is 18.2 Å². The van der Waals surface area contributed by atoms with Crippen LogP contribution in [0.15, 0.2) is 24.3 Å². The molecule has 0 aromatic heterocycles. The van der Waals surface area contributed by atoms with Gasteiger partial charge in [0.1, 0.15) is 0 Å². The van der Waals surface area contributed by atoms with Crippen molar-refractivity contribution in [3.05, 3.63) is 35.4 Å². The summed E-state index contributed by atoms with van der Waals surface area (Å²) in [6.07, 6.45) is -3.24. The van der Waals surface area contributed by atoms with Gasteiger partial charge in [0.15, 0.2) is 0 Å². The summed E-state index contributed by atoms with van der Waals surface area (Å²) >= 11 is 1.88. The van der Waals surface area contributed by atoms with Gasteiger partial charge in [-0.1, -0.05) is 25.1 Å². The van der Waals surface area contributed by atoms with Crippen molar-refractivity contribution in [1.29, 1.82) is 0 Å². The second kappa shape index (κ2) is 7.80. The van der Waals surface area contributed by atoms with Crippen molar-refractivity contribution in [2.75, 3.05) is 11.5 Å². The van der Waals surface area contributed by atoms with Crippen LogP contribution in [0, 0.1) is 0 Å². The Morgan fingerprint density at radius 1 is 1.32 bits per heavy atom. The van der Waals surface area contributed by atoms with Gasteiger partial charge in [-0.15, -0.1) is 0 Å². The minimum Gasteiger partial charge on any atom is -0.310 e. The molecule has 0 heterocycles. The maximum Gasteiger partial charge on any atom is 0.416 e. The standard InChI is InChI=1S/C14H20F3NS/c1-3-19-8-7-11(2)18-10-12-5-4-6-13(9-12)14(15,16)17/h4-6,9,11,18H,3,7-8,10H2,1-2H3. The van der Waals surface area contributed by atoms with Crippen LogP contribution in [0.3, 0.4) is 0 Å². The zero-order valence-corrected chi connectivity index (χ0v) is 12.1. The minimum atomic E-state index is -4.26. The second-order valence-electron chi connectivity index (χ2n) is 4.47. The van der Waals surface area contributed by atoms with Crippen LogP contribution in [0.4, 0.5) is 13.2 Å². The van der Waals surface area contributed by atoms with Crippen LogP contribution >= 0.6 is 11.8 Å². The smallest absolute Gasteiger partial charge is 0.310 e. The lowest BCUT2D eigenvalue weighted by Crippen LogP contribution is -2.26. The molecule has 1 rings (SSSR count). The monoisotopic (exact) mass is 291 g/mol. The fraction of sp³-hybridized carbons (Fsp3) is 0.571. The van der Waals surface area contributed by atoms with Crippen molar-refractivity contribution < 1.29 is 13.2 Å². The van der Waals surface area contributed by atoms with E-state index in [-0.39, 0.29) is 0 Å². The first-order valence-electron chi connectivity index (χ1n) is 6.40. The average molecular weight is 291 g/mol. The van der Waals surface area contributed by atoms with E-state index in [1.165, 1.54) is 12.1 Å². The number of alkyl halides is 3. The Bertz CT molecular complexity index is 379. The van der Waals surface area contributed by atoms with Gasteiger partial charge in [0.05, 0.1) is 5.56 Å². The number of thioether (sulfide) groups is 1. The maximum absolute atomic E-state index is 12.5. The molecule has 0 spiro atoms. The lowest BCUT2D eigenvalue weighted by Gasteiger charge is -2.14. The van der Waals surface area contributed by atoms with Crippen LogP contribution in [-0.2, 0) is 12.7 Å². The Kier molecular flexibility index (Phi) is 6.72. The van der Waals surface area contributed by atoms with Crippen LogP contribution < -0.4 is 5.32 Å². The van der Waals surface area contributed by atoms with E-state index in [1.807, 2.05) is 11.8 Å². The summed E-state index contributed by atoms with van der Waals surface area (Å²) in [7, 11) is 0. The molecule has 0 saturated carbocycles. The zero-order valence-electron chi connectivity index (χ0n) is 11.3. The van der Waals surface area contributed by atoms with Gasteiger partial charge >= 0.3 is 6.18 Å². The van der Waals surface area contributed by atoms with Gasteiger partial charge in [-0.3, -0.25) is 0 Å². The molecule has 1 unspecified atom stereocenters. The Morgan fingerprint density at radius 2 is 2.05 bits per heavy atom. The van der Waals surface area contributed by atoms with Crippen LogP contribution in [0.25, 0.3) is 0 Å². The lowest BCUT2D eigenvalue weighted by molar-refractivity contribution is -0.137. The van der Waals surface area contributed by atoms with Crippen molar-refractivity contribution in [2.24, 2.45) is 0 Å². The lowest BCUT2D eigenvalue weighted by atomic mass is 10.1. The van der Waals surface area contributed by atoms with Crippen LogP contribution in [0.2, 0.25) is 0 Å². The van der Waals surface area contributed by atoms with Gasteiger partial charge in [-0.05, 0) is 36.5 Å². The molecule has 5 heteroatoms. The van der Waals surface area contributed by atoms with Crippen molar-refractivity contribution in [3.63, 3.8) is 0 Å². The molecule has 0 aliphatic rings. The normalized spacial score (nSPS) is 13.5. The molecule has 1 aromatic rings. The van der Waals surface area contributed by atoms with Gasteiger partial charge in [-0.2, -0.15) is 24.9 Å². The summed E-state index contributed by atoms with van der Waals surface area (Å²) in [4.78, 5) is 0. The maximum atomic E-state index is 12.5. The van der Waals surface area contributed by atoms with E-state index in [4.69, 9.17) is 0 Å². The molecule has 0 aliphatic carbocycles. The Morgan fingerprint density at radius 3 is 2.68 bits per heavy atom. The molecule has 0 radical (unpaired) electrons. The van der Waals surface area contributed by atoms with Crippen LogP contribution in [-0.4, -0.2) is 17.5 Å². The number of hydrogen-bond acceptors (Lipinski definition) is 2. The fourth-order valence-electron chi connectivity index (χ4n) is 1.66. The van der Waals surface area contributed by atoms with E-state index in [9.17, 15) is 13.2 Å². The summed E-state index contributed by atoms with van der Waals surface area (Å²) in [6, 6.07) is 5.80. The second-order valence-corrected chi connectivity index (χ2v) is 5.86. The predicted octanol–water partition coefficient (Wildman–Crippen LogP) is 4.33. The van der Waals surface area contributed by atoms with E-state index >= 15 is 0 Å². The van der Waals surface area contributed by atoms with Crippen molar-refractivity contribution in [2.45, 2.75) is 39.0 Å². The third kappa shape index (κ3) is 6.34. The van der Waals surface area contributed by atoms with Gasteiger partial charge in [0.2, 0.25) is 0 Å². The molecular weight excluding hydrogens is 271 g/mol. The highest BCUT2D eigenvalue weighted by Crippen LogP contribution is 2.29. The zero-order chi connectivity index (χ0) is 14.3. The number of nitrogens with one attached hydrogen (secondary N) is 1. The van der Waals surface area contributed by atoms with Crippen molar-refractivity contribution in [1.82, 2.24) is 5.32 Å². The third-order valence-electron chi connectivity index (χ3n) is 2.81. The van der Waals surface area contributed by atoms with Gasteiger partial charge in [-0.25, -0.2) is 0 Å². The largest absolute Gasteiger partial charge is 0.416 e. The first-order valence-corrected chi connectivity index (χ1v) is 7.56. The van der Waals surface area contributed by atoms with Crippen LogP contribution in [0.1, 0.15) is 31.4 Å². The number of rotatable bonds is 7. The summed E-state index contributed by atoms with van der Waals surface area (Å²) in [5.41, 5.74) is 0.0887. The van der Waals surface area contributed by atoms with E-state index in [0.717, 1.165) is 24.0 Å². The first kappa shape index (κ1) is 16.4. The molecule has 1 N–H and O–H groups in total. The topological polar surface area (TPSA) is 12.0 Å². The Hall–Kier alpha value is -0.680. The molecule has 0 saturated heterocycles. The van der Waals surface area contributed by atoms with Crippen LogP contribution in [0.5, 0.6) is 0 Å². The summed E-state index contributed by atoms with van der Waals surface area (Å²) in [5.74, 6) is 2.17. The third-order valence-corrected chi connectivity index (χ3v) is 3.74. The summed E-state index contributed by atoms with van der Waals surface area (Å²) < 4.78 is 37.6. The van der Waals surface area contributed by atoms with E-state index in [1.54, 1.807) is 6.07 Å². The molecular formula is C14H20F3NS. The molecule has 0 aliphatic heterocycles. The first-order chi connectivity index (χ1) is 8.93. The molecule has 19 heavy (non-hydrogen) atoms. The van der Waals surface area contributed by atoms with E-state index < -0.39 is 11.7 Å². The highest BCUT2D eigenvalue weighted by atomic mass is 32.2. The van der Waals surface area contributed by atoms with Crippen molar-refractivity contribution in [3.8, 4) is 0 Å². The SMILES string of the molecule is CCSCCC(C)NCc1cccc(C(F)(F)F)c1. The Balaban J connectivity index is 2.45. The molecule has 1 aromatic carbocycles. The van der Waals surface area contributed by atoms with Crippen molar-refractivity contribution >= 4 is 11.8 Å². The van der Waals surface area contributed by atoms with E-state index in [2.05, 4.69) is 19.2 Å². The summed E-state index contributed by atoms with van der Waals surface area (Å²) in [6.45, 7) is 4.65. The number of benzene rings is 1. The van der Waals surface area contributed by atoms with Gasteiger partial charge < -0.3 is 5.32 Å². The quantitative estimate of drug-likeness (QED) is 0.751. The van der Waals surface area contributed by atoms with Gasteiger partial charge in [0.25, 0.3) is 0 Å². The molecule has 0 amide bonds. The summed E-state index contributed by atoms with van der Waals surface area (Å²) in [5, 5.41) is 3.26. The fourth-order valence-corrected chi connectivity index (χ4v) is 2.47. The highest BCUT2D eigenvalue weighted by Gasteiger charge is 2.30.